The minimum Gasteiger partial charge on any atom is -0.501 e. The van der Waals surface area contributed by atoms with E-state index in [0.29, 0.717) is 0 Å². The molecule has 1 aliphatic heterocycles. The number of benzene rings is 1. The predicted molar refractivity (Wildman–Crippen MR) is 79.2 cm³/mol. The van der Waals surface area contributed by atoms with E-state index in [1.807, 2.05) is 31.5 Å². The van der Waals surface area contributed by atoms with Gasteiger partial charge in [-0.2, -0.15) is 0 Å². The number of hydrogen-bond acceptors (Lipinski definition) is 2. The summed E-state index contributed by atoms with van der Waals surface area (Å²) >= 11 is 8.42. The van der Waals surface area contributed by atoms with Gasteiger partial charge in [0.1, 0.15) is 0 Å². The molecule has 1 N–H and O–H groups in total. The van der Waals surface area contributed by atoms with Crippen LogP contribution >= 0.6 is 34.2 Å². The molecule has 1 unspecified atom stereocenters. The molecule has 2 nitrogen and oxygen atoms in total. The molecular weight excluding hydrogens is 349 g/mol. The Bertz CT molecular complexity index is 433. The molecule has 1 aromatic carbocycles. The Labute approximate surface area is 121 Å². The van der Waals surface area contributed by atoms with Crippen molar-refractivity contribution in [3.05, 3.63) is 44.2 Å². The van der Waals surface area contributed by atoms with Crippen LogP contribution in [0.25, 0.3) is 0 Å². The van der Waals surface area contributed by atoms with Gasteiger partial charge < -0.3 is 10.1 Å². The van der Waals surface area contributed by atoms with E-state index < -0.39 is 0 Å². The van der Waals surface area contributed by atoms with E-state index in [1.54, 1.807) is 0 Å². The normalized spacial score (nSPS) is 17.2. The summed E-state index contributed by atoms with van der Waals surface area (Å²) in [5, 5.41) is 4.12. The van der Waals surface area contributed by atoms with Gasteiger partial charge in [-0.05, 0) is 71.8 Å². The summed E-state index contributed by atoms with van der Waals surface area (Å²) in [4.78, 5) is 0. The van der Waals surface area contributed by atoms with Crippen molar-refractivity contribution >= 4 is 34.2 Å². The molecule has 4 heteroatoms. The molecule has 0 aliphatic carbocycles. The Hall–Kier alpha value is -0.260. The van der Waals surface area contributed by atoms with Gasteiger partial charge in [-0.1, -0.05) is 11.6 Å². The average molecular weight is 364 g/mol. The molecule has 2 rings (SSSR count). The second-order valence-electron chi connectivity index (χ2n) is 4.05. The van der Waals surface area contributed by atoms with E-state index >= 15 is 0 Å². The van der Waals surface area contributed by atoms with E-state index in [-0.39, 0.29) is 6.04 Å². The monoisotopic (exact) mass is 363 g/mol. The van der Waals surface area contributed by atoms with Gasteiger partial charge in [-0.25, -0.2) is 0 Å². The first-order chi connectivity index (χ1) is 8.22. The van der Waals surface area contributed by atoms with Gasteiger partial charge >= 0.3 is 0 Å². The maximum Gasteiger partial charge on any atom is 0.0876 e. The second kappa shape index (κ2) is 6.07. The molecule has 0 radical (unpaired) electrons. The summed E-state index contributed by atoms with van der Waals surface area (Å²) in [7, 11) is 1.97. The maximum absolute atomic E-state index is 6.07. The highest BCUT2D eigenvalue weighted by atomic mass is 127. The number of halogens is 2. The molecule has 1 aliphatic rings. The lowest BCUT2D eigenvalue weighted by Crippen LogP contribution is -2.21. The number of hydrogen-bond donors (Lipinski definition) is 1. The topological polar surface area (TPSA) is 21.3 Å². The molecule has 0 amide bonds. The fourth-order valence-electron chi connectivity index (χ4n) is 2.07. The summed E-state index contributed by atoms with van der Waals surface area (Å²) < 4.78 is 6.64. The Morgan fingerprint density at radius 3 is 2.94 bits per heavy atom. The third-order valence-electron chi connectivity index (χ3n) is 2.89. The van der Waals surface area contributed by atoms with Crippen molar-refractivity contribution in [1.29, 1.82) is 0 Å². The Morgan fingerprint density at radius 2 is 2.29 bits per heavy atom. The molecule has 0 bridgehead atoms. The lowest BCUT2D eigenvalue weighted by Gasteiger charge is -2.24. The van der Waals surface area contributed by atoms with Crippen molar-refractivity contribution in [1.82, 2.24) is 5.32 Å². The highest BCUT2D eigenvalue weighted by Gasteiger charge is 2.19. The summed E-state index contributed by atoms with van der Waals surface area (Å²) in [5.41, 5.74) is 2.51. The fraction of sp³-hybridized carbons (Fsp3) is 0.385. The first-order valence-corrected chi connectivity index (χ1v) is 7.11. The number of likely N-dealkylation sites (N-methyl/N-ethyl adjacent to an activating group) is 1. The lowest BCUT2D eigenvalue weighted by molar-refractivity contribution is 0.220. The average Bonchev–Trinajstić information content (AvgIpc) is 2.36. The van der Waals surface area contributed by atoms with Crippen molar-refractivity contribution in [2.24, 2.45) is 0 Å². The standard InChI is InChI=1S/C13H15ClINO/c1-16-13(9-3-2-6-17-8-9)11-7-10(14)4-5-12(11)15/h4-5,7-8,13,16H,2-3,6H2,1H3. The maximum atomic E-state index is 6.07. The minimum atomic E-state index is 0.195. The van der Waals surface area contributed by atoms with Crippen molar-refractivity contribution in [3.63, 3.8) is 0 Å². The van der Waals surface area contributed by atoms with Crippen LogP contribution in [0.2, 0.25) is 5.02 Å². The van der Waals surface area contributed by atoms with Gasteiger partial charge in [0.25, 0.3) is 0 Å². The minimum absolute atomic E-state index is 0.195. The molecular formula is C13H15ClINO. The van der Waals surface area contributed by atoms with E-state index in [1.165, 1.54) is 14.7 Å². The predicted octanol–water partition coefficient (Wildman–Crippen LogP) is 3.90. The molecule has 0 aromatic heterocycles. The smallest absolute Gasteiger partial charge is 0.0876 e. The van der Waals surface area contributed by atoms with Crippen LogP contribution in [0.15, 0.2) is 30.0 Å². The highest BCUT2D eigenvalue weighted by Crippen LogP contribution is 2.31. The van der Waals surface area contributed by atoms with Crippen LogP contribution in [-0.2, 0) is 4.74 Å². The van der Waals surface area contributed by atoms with Gasteiger partial charge in [-0.15, -0.1) is 0 Å². The number of rotatable bonds is 3. The van der Waals surface area contributed by atoms with Gasteiger partial charge in [0, 0.05) is 8.59 Å². The van der Waals surface area contributed by atoms with E-state index in [2.05, 4.69) is 27.9 Å². The van der Waals surface area contributed by atoms with Crippen LogP contribution in [0.4, 0.5) is 0 Å². The summed E-state index contributed by atoms with van der Waals surface area (Å²) in [6, 6.07) is 6.19. The zero-order valence-electron chi connectivity index (χ0n) is 9.67. The van der Waals surface area contributed by atoms with E-state index in [0.717, 1.165) is 24.5 Å². The van der Waals surface area contributed by atoms with Crippen molar-refractivity contribution in [3.8, 4) is 0 Å². The third-order valence-corrected chi connectivity index (χ3v) is 4.11. The Morgan fingerprint density at radius 1 is 1.47 bits per heavy atom. The molecule has 92 valence electrons. The van der Waals surface area contributed by atoms with Crippen LogP contribution < -0.4 is 5.32 Å². The second-order valence-corrected chi connectivity index (χ2v) is 5.65. The fourth-order valence-corrected chi connectivity index (χ4v) is 2.90. The van der Waals surface area contributed by atoms with Crippen LogP contribution in [0.3, 0.4) is 0 Å². The molecule has 0 fully saturated rings. The number of ether oxygens (including phenoxy) is 1. The van der Waals surface area contributed by atoms with Crippen LogP contribution in [-0.4, -0.2) is 13.7 Å². The Balaban J connectivity index is 2.34. The molecule has 1 atom stereocenters. The Kier molecular flexibility index (Phi) is 4.70. The van der Waals surface area contributed by atoms with Crippen molar-refractivity contribution in [2.75, 3.05) is 13.7 Å². The SMILES string of the molecule is CNC(C1=COCCC1)c1cc(Cl)ccc1I. The first kappa shape index (κ1) is 13.2. The van der Waals surface area contributed by atoms with Gasteiger partial charge in [0.05, 0.1) is 18.9 Å². The molecule has 0 spiro atoms. The molecule has 1 aromatic rings. The summed E-state index contributed by atoms with van der Waals surface area (Å²) in [5.74, 6) is 0. The summed E-state index contributed by atoms with van der Waals surface area (Å²) in [6.07, 6.45) is 4.05. The largest absolute Gasteiger partial charge is 0.501 e. The molecule has 0 saturated heterocycles. The first-order valence-electron chi connectivity index (χ1n) is 5.65. The van der Waals surface area contributed by atoms with Gasteiger partial charge in [0.2, 0.25) is 0 Å². The third kappa shape index (κ3) is 3.14. The molecule has 17 heavy (non-hydrogen) atoms. The van der Waals surface area contributed by atoms with Crippen LogP contribution in [0.1, 0.15) is 24.4 Å². The van der Waals surface area contributed by atoms with Crippen molar-refractivity contribution in [2.45, 2.75) is 18.9 Å². The highest BCUT2D eigenvalue weighted by molar-refractivity contribution is 14.1. The lowest BCUT2D eigenvalue weighted by atomic mass is 9.95. The van der Waals surface area contributed by atoms with Gasteiger partial charge in [-0.3, -0.25) is 0 Å². The number of nitrogens with one attached hydrogen (secondary N) is 1. The summed E-state index contributed by atoms with van der Waals surface area (Å²) in [6.45, 7) is 0.826. The van der Waals surface area contributed by atoms with Gasteiger partial charge in [0.15, 0.2) is 0 Å². The zero-order chi connectivity index (χ0) is 12.3. The van der Waals surface area contributed by atoms with Crippen LogP contribution in [0, 0.1) is 3.57 Å². The van der Waals surface area contributed by atoms with E-state index in [4.69, 9.17) is 16.3 Å². The van der Waals surface area contributed by atoms with Crippen LogP contribution in [0.5, 0.6) is 0 Å². The zero-order valence-corrected chi connectivity index (χ0v) is 12.6. The molecule has 0 saturated carbocycles. The van der Waals surface area contributed by atoms with E-state index in [9.17, 15) is 0 Å². The molecule has 1 heterocycles. The van der Waals surface area contributed by atoms with Crippen molar-refractivity contribution < 1.29 is 4.74 Å². The quantitative estimate of drug-likeness (QED) is 0.823.